The van der Waals surface area contributed by atoms with Gasteiger partial charge in [0, 0.05) is 22.1 Å². The average molecular weight is 844 g/mol. The molecular weight excluding hydrogens is 799 g/mol. The molecule has 0 amide bonds. The van der Waals surface area contributed by atoms with Gasteiger partial charge >= 0.3 is 0 Å². The van der Waals surface area contributed by atoms with Crippen LogP contribution in [0.5, 0.6) is 0 Å². The Morgan fingerprint density at radius 2 is 0.864 bits per heavy atom. The minimum Gasteiger partial charge on any atom is -0.208 e. The van der Waals surface area contributed by atoms with Crippen molar-refractivity contribution in [2.75, 3.05) is 0 Å². The minimum absolute atomic E-state index is 0.548. The monoisotopic (exact) mass is 843 g/mol. The number of benzene rings is 7. The molecule has 3 heteroatoms. The Hall–Kier alpha value is -8.27. The van der Waals surface area contributed by atoms with Crippen LogP contribution in [0.2, 0.25) is 0 Å². The normalized spacial score (nSPS) is 19.1. The maximum absolute atomic E-state index is 5.48. The summed E-state index contributed by atoms with van der Waals surface area (Å²) in [7, 11) is 0. The Balaban J connectivity index is 1.14. The summed E-state index contributed by atoms with van der Waals surface area (Å²) in [6, 6.07) is 65.0. The second-order valence-electron chi connectivity index (χ2n) is 17.5. The maximum Gasteiger partial charge on any atom is 0.164 e. The van der Waals surface area contributed by atoms with Gasteiger partial charge < -0.3 is 0 Å². The van der Waals surface area contributed by atoms with Crippen LogP contribution in [0.15, 0.2) is 253 Å². The third kappa shape index (κ3) is 5.93. The predicted octanol–water partition coefficient (Wildman–Crippen LogP) is 15.3. The SMILES string of the molecule is C\C=C/C=C1/C(=C2/C=CC(c3nc(-c4ccccc4-c4ccccc4)nc(-c4ccccc4-c4ccccc4)n3)=C3C=CC=CC32C)C2(c3ccccc31)c1ccccc1-c1ccccc12. The van der Waals surface area contributed by atoms with Crippen LogP contribution >= 0.6 is 0 Å². The first kappa shape index (κ1) is 39.3. The lowest BCUT2D eigenvalue weighted by Crippen LogP contribution is -2.32. The smallest absolute Gasteiger partial charge is 0.164 e. The fraction of sp³-hybridized carbons (Fsp3) is 0.0635. The molecule has 7 aromatic carbocycles. The number of fused-ring (bicyclic) bond motifs is 8. The van der Waals surface area contributed by atoms with E-state index in [0.29, 0.717) is 17.5 Å². The Morgan fingerprint density at radius 3 is 1.41 bits per heavy atom. The summed E-state index contributed by atoms with van der Waals surface area (Å²) in [5.74, 6) is 1.88. The van der Waals surface area contributed by atoms with Crippen molar-refractivity contribution in [3.05, 3.63) is 281 Å². The van der Waals surface area contributed by atoms with E-state index in [1.54, 1.807) is 0 Å². The van der Waals surface area contributed by atoms with E-state index in [1.807, 2.05) is 0 Å². The predicted molar refractivity (Wildman–Crippen MR) is 272 cm³/mol. The molecule has 1 aromatic heterocycles. The van der Waals surface area contributed by atoms with Crippen LogP contribution < -0.4 is 0 Å². The zero-order valence-corrected chi connectivity index (χ0v) is 36.9. The fourth-order valence-electron chi connectivity index (χ4n) is 11.1. The van der Waals surface area contributed by atoms with Gasteiger partial charge in [0.2, 0.25) is 0 Å². The second-order valence-corrected chi connectivity index (χ2v) is 17.5. The van der Waals surface area contributed by atoms with E-state index in [-0.39, 0.29) is 0 Å². The number of allylic oxidation sites excluding steroid dienone is 14. The number of nitrogens with zero attached hydrogens (tertiary/aromatic N) is 3. The van der Waals surface area contributed by atoms with Gasteiger partial charge in [0.25, 0.3) is 0 Å². The largest absolute Gasteiger partial charge is 0.208 e. The van der Waals surface area contributed by atoms with Crippen LogP contribution in [0.1, 0.15) is 41.9 Å². The molecule has 0 bridgehead atoms. The molecule has 3 nitrogen and oxygen atoms in total. The van der Waals surface area contributed by atoms with E-state index in [4.69, 9.17) is 15.0 Å². The first-order valence-electron chi connectivity index (χ1n) is 22.8. The second kappa shape index (κ2) is 15.8. The van der Waals surface area contributed by atoms with Gasteiger partial charge in [-0.25, -0.2) is 15.0 Å². The van der Waals surface area contributed by atoms with Crippen LogP contribution in [0, 0.1) is 5.41 Å². The standard InChI is InChI=1S/C63H45N3/c1-3-4-27-49-48-32-17-20-38-56(48)63(54-36-18-15-30-46(54)47-31-16-19-37-55(47)63)58(49)57-40-39-52(53-35-21-22-41-62(53,57)2)61-65-59(50-33-13-11-28-44(50)42-23-7-5-8-24-42)64-60(66-61)51-34-14-12-29-45(51)43-25-9-6-10-26-43/h3-41H,1-2H3/b4-3-,49-27+,58-57+. The van der Waals surface area contributed by atoms with E-state index in [0.717, 1.165) is 44.5 Å². The first-order chi connectivity index (χ1) is 32.6. The molecule has 66 heavy (non-hydrogen) atoms. The van der Waals surface area contributed by atoms with Crippen LogP contribution in [0.25, 0.3) is 67.3 Å². The lowest BCUT2D eigenvalue weighted by Gasteiger charge is -2.41. The molecule has 0 radical (unpaired) electrons. The quantitative estimate of drug-likeness (QED) is 0.167. The molecule has 1 heterocycles. The molecule has 312 valence electrons. The van der Waals surface area contributed by atoms with Gasteiger partial charge in [-0.2, -0.15) is 0 Å². The summed E-state index contributed by atoms with van der Waals surface area (Å²) in [5, 5.41) is 0. The van der Waals surface area contributed by atoms with Crippen molar-refractivity contribution in [2.45, 2.75) is 19.3 Å². The molecule has 0 fully saturated rings. The summed E-state index contributed by atoms with van der Waals surface area (Å²) < 4.78 is 0. The summed E-state index contributed by atoms with van der Waals surface area (Å²) in [6.45, 7) is 4.47. The highest BCUT2D eigenvalue weighted by atomic mass is 15.0. The van der Waals surface area contributed by atoms with Gasteiger partial charge in [-0.05, 0) is 91.8 Å². The number of aromatic nitrogens is 3. The van der Waals surface area contributed by atoms with Crippen molar-refractivity contribution in [1.29, 1.82) is 0 Å². The van der Waals surface area contributed by atoms with Crippen molar-refractivity contribution in [3.8, 4) is 56.2 Å². The van der Waals surface area contributed by atoms with Crippen molar-refractivity contribution >= 4 is 11.1 Å². The Bertz CT molecular complexity index is 3340. The molecule has 4 aliphatic carbocycles. The zero-order valence-electron chi connectivity index (χ0n) is 36.9. The first-order valence-corrected chi connectivity index (χ1v) is 22.8. The van der Waals surface area contributed by atoms with Gasteiger partial charge in [0.1, 0.15) is 0 Å². The van der Waals surface area contributed by atoms with E-state index in [1.165, 1.54) is 50.1 Å². The van der Waals surface area contributed by atoms with Gasteiger partial charge in [-0.15, -0.1) is 0 Å². The number of rotatable bonds is 6. The van der Waals surface area contributed by atoms with Crippen molar-refractivity contribution < 1.29 is 0 Å². The van der Waals surface area contributed by atoms with Crippen LogP contribution in [0.3, 0.4) is 0 Å². The maximum atomic E-state index is 5.48. The Morgan fingerprint density at radius 1 is 0.409 bits per heavy atom. The lowest BCUT2D eigenvalue weighted by molar-refractivity contribution is 0.620. The lowest BCUT2D eigenvalue weighted by atomic mass is 9.61. The highest BCUT2D eigenvalue weighted by Crippen LogP contribution is 2.66. The molecule has 0 saturated heterocycles. The highest BCUT2D eigenvalue weighted by molar-refractivity contribution is 6.02. The van der Waals surface area contributed by atoms with Crippen LogP contribution in [-0.4, -0.2) is 15.0 Å². The van der Waals surface area contributed by atoms with Gasteiger partial charge in [-0.3, -0.25) is 0 Å². The molecule has 4 aliphatic rings. The summed E-state index contributed by atoms with van der Waals surface area (Å²) in [5.41, 5.74) is 18.8. The van der Waals surface area contributed by atoms with Gasteiger partial charge in [0.15, 0.2) is 17.5 Å². The fourth-order valence-corrected chi connectivity index (χ4v) is 11.1. The Kier molecular flexibility index (Phi) is 9.39. The molecule has 0 N–H and O–H groups in total. The van der Waals surface area contributed by atoms with E-state index in [9.17, 15) is 0 Å². The number of hydrogen-bond acceptors (Lipinski definition) is 3. The average Bonchev–Trinajstić information content (AvgIpc) is 3.84. The molecule has 0 aliphatic heterocycles. The molecule has 0 saturated carbocycles. The highest BCUT2D eigenvalue weighted by Gasteiger charge is 2.55. The van der Waals surface area contributed by atoms with E-state index >= 15 is 0 Å². The molecule has 1 spiro atoms. The van der Waals surface area contributed by atoms with Crippen LogP contribution in [0.4, 0.5) is 0 Å². The van der Waals surface area contributed by atoms with Gasteiger partial charge in [-0.1, -0.05) is 237 Å². The molecule has 12 rings (SSSR count). The van der Waals surface area contributed by atoms with Crippen molar-refractivity contribution in [1.82, 2.24) is 15.0 Å². The van der Waals surface area contributed by atoms with Crippen LogP contribution in [-0.2, 0) is 5.41 Å². The minimum atomic E-state index is -0.568. The molecule has 1 unspecified atom stereocenters. The summed E-state index contributed by atoms with van der Waals surface area (Å²) in [6.07, 6.45) is 20.3. The van der Waals surface area contributed by atoms with Crippen molar-refractivity contribution in [2.24, 2.45) is 5.41 Å². The third-order valence-corrected chi connectivity index (χ3v) is 14.0. The summed E-state index contributed by atoms with van der Waals surface area (Å²) in [4.78, 5) is 16.3. The molecule has 1 atom stereocenters. The Labute approximate surface area is 386 Å². The molecule has 8 aromatic rings. The van der Waals surface area contributed by atoms with E-state index < -0.39 is 10.8 Å². The van der Waals surface area contributed by atoms with Gasteiger partial charge in [0.05, 0.1) is 5.41 Å². The number of hydrogen-bond donors (Lipinski definition) is 0. The van der Waals surface area contributed by atoms with Crippen molar-refractivity contribution in [3.63, 3.8) is 0 Å². The topological polar surface area (TPSA) is 38.7 Å². The molecular formula is C63H45N3. The summed E-state index contributed by atoms with van der Waals surface area (Å²) >= 11 is 0. The van der Waals surface area contributed by atoms with E-state index in [2.05, 4.69) is 251 Å². The third-order valence-electron chi connectivity index (χ3n) is 14.0. The zero-order chi connectivity index (χ0) is 44.2.